The number of hydrogen-bond donors (Lipinski definition) is 1. The van der Waals surface area contributed by atoms with Gasteiger partial charge in [-0.05, 0) is 12.1 Å². The first-order valence-electron chi connectivity index (χ1n) is 7.74. The van der Waals surface area contributed by atoms with Crippen LogP contribution in [0.3, 0.4) is 0 Å². The van der Waals surface area contributed by atoms with E-state index in [0.717, 1.165) is 0 Å². The summed E-state index contributed by atoms with van der Waals surface area (Å²) in [5, 5.41) is 10.4. The van der Waals surface area contributed by atoms with Gasteiger partial charge in [-0.25, -0.2) is 0 Å². The third-order valence-corrected chi connectivity index (χ3v) is 4.45. The summed E-state index contributed by atoms with van der Waals surface area (Å²) in [6, 6.07) is 7.63. The summed E-state index contributed by atoms with van der Waals surface area (Å²) in [5.74, 6) is 0. The third-order valence-electron chi connectivity index (χ3n) is 4.45. The van der Waals surface area contributed by atoms with Crippen LogP contribution in [0.25, 0.3) is 0 Å². The second-order valence-electron chi connectivity index (χ2n) is 6.01. The number of aromatic nitrogens is 1. The Labute approximate surface area is 141 Å². The van der Waals surface area contributed by atoms with Gasteiger partial charge >= 0.3 is 6.18 Å². The maximum Gasteiger partial charge on any atom is 0.423 e. The SMILES string of the molecule is OC1(C(F)(F)F)CN(c2cncc(C3OCCO3)c2)c2ccccc21. The van der Waals surface area contributed by atoms with E-state index in [1.807, 2.05) is 0 Å². The van der Waals surface area contributed by atoms with Gasteiger partial charge < -0.3 is 19.5 Å². The molecule has 0 aliphatic carbocycles. The van der Waals surface area contributed by atoms with Crippen molar-refractivity contribution < 1.29 is 27.8 Å². The van der Waals surface area contributed by atoms with Gasteiger partial charge in [0.15, 0.2) is 6.29 Å². The molecule has 1 unspecified atom stereocenters. The van der Waals surface area contributed by atoms with Crippen molar-refractivity contribution in [1.82, 2.24) is 4.98 Å². The fourth-order valence-electron chi connectivity index (χ4n) is 3.20. The molecule has 25 heavy (non-hydrogen) atoms. The van der Waals surface area contributed by atoms with Gasteiger partial charge in [-0.3, -0.25) is 4.98 Å². The van der Waals surface area contributed by atoms with Crippen LogP contribution in [0.1, 0.15) is 17.4 Å². The second-order valence-corrected chi connectivity index (χ2v) is 6.01. The molecule has 0 spiro atoms. The van der Waals surface area contributed by atoms with Crippen LogP contribution in [-0.2, 0) is 15.1 Å². The van der Waals surface area contributed by atoms with E-state index in [9.17, 15) is 18.3 Å². The molecule has 3 heterocycles. The average molecular weight is 352 g/mol. The zero-order valence-electron chi connectivity index (χ0n) is 13.0. The Hall–Kier alpha value is -2.16. The normalized spacial score (nSPS) is 23.9. The molecular formula is C17H15F3N2O3. The third kappa shape index (κ3) is 2.57. The molecule has 2 aliphatic heterocycles. The summed E-state index contributed by atoms with van der Waals surface area (Å²) in [6.45, 7) is 0.276. The molecule has 0 bridgehead atoms. The summed E-state index contributed by atoms with van der Waals surface area (Å²) < 4.78 is 51.3. The van der Waals surface area contributed by atoms with E-state index in [2.05, 4.69) is 4.98 Å². The molecule has 1 aromatic heterocycles. The lowest BCUT2D eigenvalue weighted by Gasteiger charge is -2.27. The highest BCUT2D eigenvalue weighted by Gasteiger charge is 2.60. The number of ether oxygens (including phenoxy) is 2. The first-order chi connectivity index (χ1) is 11.9. The smallest absolute Gasteiger partial charge is 0.375 e. The van der Waals surface area contributed by atoms with Crippen molar-refractivity contribution in [3.63, 3.8) is 0 Å². The van der Waals surface area contributed by atoms with Crippen molar-refractivity contribution in [3.8, 4) is 0 Å². The van der Waals surface area contributed by atoms with E-state index < -0.39 is 24.6 Å². The molecule has 1 fully saturated rings. The first-order valence-corrected chi connectivity index (χ1v) is 7.74. The molecule has 1 N–H and O–H groups in total. The number of aliphatic hydroxyl groups is 1. The largest absolute Gasteiger partial charge is 0.423 e. The molecular weight excluding hydrogens is 337 g/mol. The first kappa shape index (κ1) is 16.3. The predicted octanol–water partition coefficient (Wildman–Crippen LogP) is 3.03. The van der Waals surface area contributed by atoms with Crippen LogP contribution in [0.15, 0.2) is 42.7 Å². The van der Waals surface area contributed by atoms with E-state index in [4.69, 9.17) is 9.47 Å². The molecule has 4 rings (SSSR count). The lowest BCUT2D eigenvalue weighted by Crippen LogP contribution is -2.45. The van der Waals surface area contributed by atoms with Gasteiger partial charge in [0, 0.05) is 23.0 Å². The Morgan fingerprint density at radius 3 is 2.60 bits per heavy atom. The number of fused-ring (bicyclic) bond motifs is 1. The topological polar surface area (TPSA) is 54.8 Å². The maximum absolute atomic E-state index is 13.5. The maximum atomic E-state index is 13.5. The number of anilines is 2. The van der Waals surface area contributed by atoms with Crippen LogP contribution >= 0.6 is 0 Å². The summed E-state index contributed by atoms with van der Waals surface area (Å²) in [7, 11) is 0. The molecule has 0 saturated carbocycles. The number of β-amino-alcohol motifs (C(OH)–C–C–N with tert-alkyl or cyclic N) is 1. The zero-order valence-corrected chi connectivity index (χ0v) is 13.0. The van der Waals surface area contributed by atoms with E-state index in [0.29, 0.717) is 30.2 Å². The number of nitrogens with zero attached hydrogens (tertiary/aromatic N) is 2. The number of benzene rings is 1. The van der Waals surface area contributed by atoms with Gasteiger partial charge in [-0.1, -0.05) is 18.2 Å². The van der Waals surface area contributed by atoms with Gasteiger partial charge in [0.25, 0.3) is 0 Å². The standard InChI is InChI=1S/C17H15F3N2O3/c18-17(19,20)16(23)10-22(14-4-2-1-3-13(14)16)12-7-11(8-21-9-12)15-24-5-6-25-15/h1-4,7-9,15,23H,5-6,10H2. The Bertz CT molecular complexity index is 793. The highest BCUT2D eigenvalue weighted by molar-refractivity contribution is 5.72. The highest BCUT2D eigenvalue weighted by atomic mass is 19.4. The quantitative estimate of drug-likeness (QED) is 0.900. The van der Waals surface area contributed by atoms with Crippen LogP contribution in [0, 0.1) is 0 Å². The van der Waals surface area contributed by atoms with E-state index >= 15 is 0 Å². The van der Waals surface area contributed by atoms with Gasteiger partial charge in [-0.2, -0.15) is 13.2 Å². The molecule has 1 atom stereocenters. The number of alkyl halides is 3. The number of pyridine rings is 1. The monoisotopic (exact) mass is 352 g/mol. The molecule has 2 aromatic rings. The highest BCUT2D eigenvalue weighted by Crippen LogP contribution is 2.50. The molecule has 0 amide bonds. The number of para-hydroxylation sites is 1. The Kier molecular flexibility index (Phi) is 3.71. The minimum atomic E-state index is -4.79. The van der Waals surface area contributed by atoms with Crippen LogP contribution in [-0.4, -0.2) is 36.0 Å². The molecule has 132 valence electrons. The Balaban J connectivity index is 1.76. The van der Waals surface area contributed by atoms with Crippen LogP contribution in [0.4, 0.5) is 24.5 Å². The lowest BCUT2D eigenvalue weighted by molar-refractivity contribution is -0.258. The Morgan fingerprint density at radius 1 is 1.16 bits per heavy atom. The average Bonchev–Trinajstić information content (AvgIpc) is 3.22. The van der Waals surface area contributed by atoms with Crippen LogP contribution in [0.5, 0.6) is 0 Å². The van der Waals surface area contributed by atoms with Gasteiger partial charge in [-0.15, -0.1) is 0 Å². The minimum Gasteiger partial charge on any atom is -0.375 e. The molecule has 5 nitrogen and oxygen atoms in total. The van der Waals surface area contributed by atoms with Crippen molar-refractivity contribution in [2.24, 2.45) is 0 Å². The van der Waals surface area contributed by atoms with Crippen molar-refractivity contribution in [2.75, 3.05) is 24.7 Å². The predicted molar refractivity (Wildman–Crippen MR) is 82.3 cm³/mol. The van der Waals surface area contributed by atoms with E-state index in [1.54, 1.807) is 24.4 Å². The molecule has 1 saturated heterocycles. The molecule has 2 aliphatic rings. The lowest BCUT2D eigenvalue weighted by atomic mass is 9.96. The second kappa shape index (κ2) is 5.69. The van der Waals surface area contributed by atoms with Crippen molar-refractivity contribution in [1.29, 1.82) is 0 Å². The van der Waals surface area contributed by atoms with Crippen LogP contribution in [0.2, 0.25) is 0 Å². The molecule has 8 heteroatoms. The molecule has 0 radical (unpaired) electrons. The van der Waals surface area contributed by atoms with E-state index in [-0.39, 0.29) is 5.56 Å². The summed E-state index contributed by atoms with van der Waals surface area (Å²) in [5.41, 5.74) is -1.74. The number of hydrogen-bond acceptors (Lipinski definition) is 5. The number of halogens is 3. The van der Waals surface area contributed by atoms with Crippen molar-refractivity contribution in [2.45, 2.75) is 18.1 Å². The summed E-state index contributed by atoms with van der Waals surface area (Å²) in [6.07, 6.45) is -2.36. The summed E-state index contributed by atoms with van der Waals surface area (Å²) in [4.78, 5) is 5.50. The summed E-state index contributed by atoms with van der Waals surface area (Å²) >= 11 is 0. The zero-order chi connectivity index (χ0) is 17.7. The fourth-order valence-corrected chi connectivity index (χ4v) is 3.20. The Morgan fingerprint density at radius 2 is 1.88 bits per heavy atom. The number of rotatable bonds is 2. The van der Waals surface area contributed by atoms with Crippen molar-refractivity contribution >= 4 is 11.4 Å². The van der Waals surface area contributed by atoms with Crippen LogP contribution < -0.4 is 4.90 Å². The fraction of sp³-hybridized carbons (Fsp3) is 0.353. The van der Waals surface area contributed by atoms with E-state index in [1.165, 1.54) is 23.2 Å². The van der Waals surface area contributed by atoms with Gasteiger partial charge in [0.05, 0.1) is 31.6 Å². The molecule has 1 aromatic carbocycles. The van der Waals surface area contributed by atoms with Crippen molar-refractivity contribution in [3.05, 3.63) is 53.9 Å². The van der Waals surface area contributed by atoms with Gasteiger partial charge in [0.1, 0.15) is 0 Å². The van der Waals surface area contributed by atoms with Gasteiger partial charge in [0.2, 0.25) is 5.60 Å². The minimum absolute atomic E-state index is 0.165.